The fraction of sp³-hybridized carbons (Fsp3) is 0.688. The number of hydrogen-bond donors (Lipinski definition) is 1. The van der Waals surface area contributed by atoms with Crippen LogP contribution in [0.1, 0.15) is 45.1 Å². The molecule has 1 aromatic rings. The van der Waals surface area contributed by atoms with Crippen molar-refractivity contribution in [3.8, 4) is 0 Å². The maximum absolute atomic E-state index is 4.59. The summed E-state index contributed by atoms with van der Waals surface area (Å²) in [6, 6.07) is 5.78. The fourth-order valence-corrected chi connectivity index (χ4v) is 2.94. The lowest BCUT2D eigenvalue weighted by atomic mass is 9.92. The molecule has 19 heavy (non-hydrogen) atoms. The summed E-state index contributed by atoms with van der Waals surface area (Å²) in [5.74, 6) is 1.93. The average molecular weight is 259 g/mol. The highest BCUT2D eigenvalue weighted by Crippen LogP contribution is 2.27. The molecule has 1 aromatic heterocycles. The van der Waals surface area contributed by atoms with Crippen LogP contribution in [0, 0.1) is 5.92 Å². The first-order chi connectivity index (χ1) is 9.24. The molecule has 3 heteroatoms. The van der Waals surface area contributed by atoms with E-state index in [1.54, 1.807) is 0 Å². The predicted molar refractivity (Wildman–Crippen MR) is 79.3 cm³/mol. The van der Waals surface area contributed by atoms with E-state index in [1.165, 1.54) is 31.2 Å². The molecule has 1 aliphatic heterocycles. The molecule has 0 radical (unpaired) electrons. The number of nitrogens with zero attached hydrogens (tertiary/aromatic N) is 2. The van der Waals surface area contributed by atoms with Gasteiger partial charge in [-0.15, -0.1) is 0 Å². The van der Waals surface area contributed by atoms with Gasteiger partial charge in [-0.25, -0.2) is 4.98 Å². The zero-order valence-corrected chi connectivity index (χ0v) is 12.1. The zero-order valence-electron chi connectivity index (χ0n) is 12.1. The van der Waals surface area contributed by atoms with E-state index in [4.69, 9.17) is 0 Å². The van der Waals surface area contributed by atoms with Crippen LogP contribution in [0.5, 0.6) is 0 Å². The van der Waals surface area contributed by atoms with Gasteiger partial charge < -0.3 is 10.2 Å². The molecular formula is C16H25N3. The molecular weight excluding hydrogens is 234 g/mol. The quantitative estimate of drug-likeness (QED) is 0.901. The van der Waals surface area contributed by atoms with Crippen molar-refractivity contribution in [2.24, 2.45) is 5.92 Å². The maximum atomic E-state index is 4.59. The van der Waals surface area contributed by atoms with Crippen molar-refractivity contribution in [3.05, 3.63) is 23.9 Å². The number of anilines is 1. The van der Waals surface area contributed by atoms with Gasteiger partial charge in [0, 0.05) is 31.4 Å². The van der Waals surface area contributed by atoms with Crippen LogP contribution in [0.4, 0.5) is 5.82 Å². The maximum Gasteiger partial charge on any atom is 0.129 e. The number of pyridine rings is 1. The summed E-state index contributed by atoms with van der Waals surface area (Å²) in [5, 5.41) is 3.58. The van der Waals surface area contributed by atoms with Crippen LogP contribution >= 0.6 is 0 Å². The first-order valence-corrected chi connectivity index (χ1v) is 7.69. The van der Waals surface area contributed by atoms with E-state index in [0.29, 0.717) is 6.04 Å². The Bertz CT molecular complexity index is 428. The zero-order chi connectivity index (χ0) is 13.2. The highest BCUT2D eigenvalue weighted by atomic mass is 15.2. The molecule has 0 amide bonds. The molecule has 1 saturated carbocycles. The second-order valence-corrected chi connectivity index (χ2v) is 6.23. The highest BCUT2D eigenvalue weighted by molar-refractivity contribution is 5.42. The van der Waals surface area contributed by atoms with Crippen molar-refractivity contribution in [3.63, 3.8) is 0 Å². The molecule has 2 heterocycles. The topological polar surface area (TPSA) is 28.2 Å². The third-order valence-electron chi connectivity index (χ3n) is 4.65. The summed E-state index contributed by atoms with van der Waals surface area (Å²) < 4.78 is 0. The van der Waals surface area contributed by atoms with Crippen molar-refractivity contribution in [2.45, 2.75) is 58.2 Å². The minimum absolute atomic E-state index is 0.605. The smallest absolute Gasteiger partial charge is 0.129 e. The van der Waals surface area contributed by atoms with Crippen molar-refractivity contribution < 1.29 is 0 Å². The summed E-state index contributed by atoms with van der Waals surface area (Å²) in [4.78, 5) is 7.07. The lowest BCUT2D eigenvalue weighted by Gasteiger charge is -2.38. The molecule has 1 N–H and O–H groups in total. The number of nitrogens with one attached hydrogen (secondary N) is 1. The first kappa shape index (κ1) is 12.9. The van der Waals surface area contributed by atoms with Gasteiger partial charge in [-0.05, 0) is 56.2 Å². The monoisotopic (exact) mass is 259 g/mol. The van der Waals surface area contributed by atoms with Crippen LogP contribution in [0.3, 0.4) is 0 Å². The summed E-state index contributed by atoms with van der Waals surface area (Å²) >= 11 is 0. The van der Waals surface area contributed by atoms with Gasteiger partial charge in [-0.2, -0.15) is 0 Å². The van der Waals surface area contributed by atoms with Crippen LogP contribution in [-0.2, 0) is 6.54 Å². The van der Waals surface area contributed by atoms with Crippen LogP contribution in [0.25, 0.3) is 0 Å². The normalized spacial score (nSPS) is 27.6. The van der Waals surface area contributed by atoms with Crippen LogP contribution in [0.2, 0.25) is 0 Å². The minimum Gasteiger partial charge on any atom is -0.354 e. The van der Waals surface area contributed by atoms with E-state index in [1.807, 2.05) is 6.20 Å². The summed E-state index contributed by atoms with van der Waals surface area (Å²) in [7, 11) is 0. The molecule has 1 aliphatic carbocycles. The van der Waals surface area contributed by atoms with E-state index < -0.39 is 0 Å². The molecule has 0 bridgehead atoms. The summed E-state index contributed by atoms with van der Waals surface area (Å²) in [5.41, 5.74) is 1.36. The van der Waals surface area contributed by atoms with Crippen molar-refractivity contribution in [2.75, 3.05) is 11.4 Å². The van der Waals surface area contributed by atoms with E-state index in [2.05, 4.69) is 41.2 Å². The number of piperidine rings is 1. The van der Waals surface area contributed by atoms with E-state index >= 15 is 0 Å². The standard InChI is InChI=1S/C16H25N3/c1-12-4-3-9-19(13(12)2)16-10-14(7-8-17-16)11-18-15-5-6-15/h7-8,10,12-13,15,18H,3-6,9,11H2,1-2H3. The van der Waals surface area contributed by atoms with Crippen molar-refractivity contribution >= 4 is 5.82 Å². The first-order valence-electron chi connectivity index (χ1n) is 7.69. The van der Waals surface area contributed by atoms with Crippen LogP contribution in [-0.4, -0.2) is 23.6 Å². The Kier molecular flexibility index (Phi) is 3.74. The average Bonchev–Trinajstić information content (AvgIpc) is 3.24. The van der Waals surface area contributed by atoms with E-state index in [0.717, 1.165) is 30.9 Å². The molecule has 1 saturated heterocycles. The van der Waals surface area contributed by atoms with Gasteiger partial charge >= 0.3 is 0 Å². The van der Waals surface area contributed by atoms with E-state index in [-0.39, 0.29) is 0 Å². The Morgan fingerprint density at radius 3 is 2.95 bits per heavy atom. The molecule has 0 spiro atoms. The molecule has 104 valence electrons. The Morgan fingerprint density at radius 1 is 1.32 bits per heavy atom. The third-order valence-corrected chi connectivity index (χ3v) is 4.65. The second-order valence-electron chi connectivity index (χ2n) is 6.23. The van der Waals surface area contributed by atoms with Gasteiger partial charge in [0.05, 0.1) is 0 Å². The van der Waals surface area contributed by atoms with Gasteiger partial charge in [0.25, 0.3) is 0 Å². The van der Waals surface area contributed by atoms with Gasteiger partial charge in [0.15, 0.2) is 0 Å². The molecule has 3 rings (SSSR count). The van der Waals surface area contributed by atoms with Gasteiger partial charge in [-0.3, -0.25) is 0 Å². The van der Waals surface area contributed by atoms with Gasteiger partial charge in [0.2, 0.25) is 0 Å². The molecule has 2 aliphatic rings. The van der Waals surface area contributed by atoms with Crippen LogP contribution < -0.4 is 10.2 Å². The molecule has 2 fully saturated rings. The summed E-state index contributed by atoms with van der Waals surface area (Å²) in [6.45, 7) is 6.83. The minimum atomic E-state index is 0.605. The van der Waals surface area contributed by atoms with E-state index in [9.17, 15) is 0 Å². The van der Waals surface area contributed by atoms with Crippen molar-refractivity contribution in [1.82, 2.24) is 10.3 Å². The third kappa shape index (κ3) is 3.08. The highest BCUT2D eigenvalue weighted by Gasteiger charge is 2.25. The summed E-state index contributed by atoms with van der Waals surface area (Å²) in [6.07, 6.45) is 7.29. The molecule has 2 unspecified atom stereocenters. The fourth-order valence-electron chi connectivity index (χ4n) is 2.94. The molecule has 2 atom stereocenters. The predicted octanol–water partition coefficient (Wildman–Crippen LogP) is 2.96. The Morgan fingerprint density at radius 2 is 2.16 bits per heavy atom. The number of aromatic nitrogens is 1. The largest absolute Gasteiger partial charge is 0.354 e. The Labute approximate surface area is 116 Å². The van der Waals surface area contributed by atoms with Crippen molar-refractivity contribution in [1.29, 1.82) is 0 Å². The van der Waals surface area contributed by atoms with Crippen LogP contribution in [0.15, 0.2) is 18.3 Å². The Balaban J connectivity index is 1.70. The lowest BCUT2D eigenvalue weighted by molar-refractivity contribution is 0.361. The number of hydrogen-bond acceptors (Lipinski definition) is 3. The molecule has 3 nitrogen and oxygen atoms in total. The molecule has 0 aromatic carbocycles. The second kappa shape index (κ2) is 5.49. The SMILES string of the molecule is CC1CCCN(c2cc(CNC3CC3)ccn2)C1C. The Hall–Kier alpha value is -1.09. The van der Waals surface area contributed by atoms with Gasteiger partial charge in [-0.1, -0.05) is 6.92 Å². The van der Waals surface area contributed by atoms with Gasteiger partial charge in [0.1, 0.15) is 5.82 Å². The number of rotatable bonds is 4. The lowest BCUT2D eigenvalue weighted by Crippen LogP contribution is -2.42.